The topological polar surface area (TPSA) is 70.2 Å². The summed E-state index contributed by atoms with van der Waals surface area (Å²) >= 11 is 0. The van der Waals surface area contributed by atoms with Gasteiger partial charge in [0.05, 0.1) is 0 Å². The summed E-state index contributed by atoms with van der Waals surface area (Å²) in [4.78, 5) is 24.8. The zero-order valence-corrected chi connectivity index (χ0v) is 17.0. The highest BCUT2D eigenvalue weighted by molar-refractivity contribution is 6.05. The van der Waals surface area contributed by atoms with Crippen LogP contribution in [0.4, 0.5) is 5.69 Å². The minimum atomic E-state index is -0.180. The number of halogens is 1. The second-order valence-corrected chi connectivity index (χ2v) is 7.11. The molecule has 1 atom stereocenters. The fraction of sp³-hybridized carbons (Fsp3) is 0.364. The van der Waals surface area contributed by atoms with Gasteiger partial charge in [0, 0.05) is 23.4 Å². The van der Waals surface area contributed by atoms with Crippen LogP contribution in [0, 0.1) is 12.8 Å². The smallest absolute Gasteiger partial charge is 0.255 e. The molecule has 2 amide bonds. The summed E-state index contributed by atoms with van der Waals surface area (Å²) in [7, 11) is 0. The molecule has 1 heterocycles. The summed E-state index contributed by atoms with van der Waals surface area (Å²) in [5.74, 6) is 0.354. The average Bonchev–Trinajstić information content (AvgIpc) is 2.71. The van der Waals surface area contributed by atoms with E-state index in [1.807, 2.05) is 31.2 Å². The number of piperidine rings is 1. The number of nitrogens with one attached hydrogen (secondary N) is 3. The SMILES string of the molecule is Cc1ccc(C(=O)NCCC2CCCNC2)cc1NC(=O)c1ccccc1.Cl. The van der Waals surface area contributed by atoms with Gasteiger partial charge < -0.3 is 16.0 Å². The van der Waals surface area contributed by atoms with E-state index in [1.54, 1.807) is 24.3 Å². The number of benzene rings is 2. The number of carbonyl (C=O) groups excluding carboxylic acids is 2. The van der Waals surface area contributed by atoms with Crippen LogP contribution in [0.5, 0.6) is 0 Å². The first-order valence-corrected chi connectivity index (χ1v) is 9.59. The van der Waals surface area contributed by atoms with Crippen molar-refractivity contribution in [3.8, 4) is 0 Å². The summed E-state index contributed by atoms with van der Waals surface area (Å²) in [5.41, 5.74) is 2.73. The van der Waals surface area contributed by atoms with E-state index < -0.39 is 0 Å². The number of hydrogen-bond acceptors (Lipinski definition) is 3. The summed E-state index contributed by atoms with van der Waals surface area (Å²) in [6.07, 6.45) is 3.42. The lowest BCUT2D eigenvalue weighted by molar-refractivity contribution is 0.0949. The van der Waals surface area contributed by atoms with Gasteiger partial charge in [-0.1, -0.05) is 24.3 Å². The summed E-state index contributed by atoms with van der Waals surface area (Å²) in [6.45, 7) is 4.73. The number of carbonyl (C=O) groups is 2. The Morgan fingerprint density at radius 3 is 2.57 bits per heavy atom. The van der Waals surface area contributed by atoms with Crippen LogP contribution in [0.2, 0.25) is 0 Å². The van der Waals surface area contributed by atoms with E-state index in [9.17, 15) is 9.59 Å². The number of hydrogen-bond donors (Lipinski definition) is 3. The molecule has 2 aromatic carbocycles. The molecule has 3 rings (SSSR count). The first-order valence-electron chi connectivity index (χ1n) is 9.59. The molecule has 0 radical (unpaired) electrons. The molecule has 0 spiro atoms. The third-order valence-corrected chi connectivity index (χ3v) is 5.02. The van der Waals surface area contributed by atoms with Crippen molar-refractivity contribution in [2.24, 2.45) is 5.92 Å². The predicted octanol–water partition coefficient (Wildman–Crippen LogP) is 3.79. The van der Waals surface area contributed by atoms with Crippen molar-refractivity contribution in [3.05, 3.63) is 65.2 Å². The van der Waals surface area contributed by atoms with Crippen molar-refractivity contribution in [2.45, 2.75) is 26.2 Å². The van der Waals surface area contributed by atoms with Gasteiger partial charge >= 0.3 is 0 Å². The highest BCUT2D eigenvalue weighted by Crippen LogP contribution is 2.18. The third-order valence-electron chi connectivity index (χ3n) is 5.02. The Balaban J connectivity index is 0.00000280. The molecule has 0 aromatic heterocycles. The highest BCUT2D eigenvalue weighted by Gasteiger charge is 2.14. The highest BCUT2D eigenvalue weighted by atomic mass is 35.5. The molecular formula is C22H28ClN3O2. The summed E-state index contributed by atoms with van der Waals surface area (Å²) in [5, 5.41) is 9.30. The van der Waals surface area contributed by atoms with Gasteiger partial charge in [0.1, 0.15) is 0 Å². The minimum Gasteiger partial charge on any atom is -0.352 e. The molecule has 0 bridgehead atoms. The zero-order chi connectivity index (χ0) is 19.1. The Hall–Kier alpha value is -2.37. The molecule has 0 saturated carbocycles. The van der Waals surface area contributed by atoms with Crippen LogP contribution in [-0.2, 0) is 0 Å². The summed E-state index contributed by atoms with van der Waals surface area (Å²) in [6, 6.07) is 14.5. The maximum Gasteiger partial charge on any atom is 0.255 e. The first kappa shape index (κ1) is 21.9. The fourth-order valence-electron chi connectivity index (χ4n) is 3.34. The van der Waals surface area contributed by atoms with E-state index in [-0.39, 0.29) is 24.2 Å². The molecular weight excluding hydrogens is 374 g/mol. The normalized spacial score (nSPS) is 16.0. The van der Waals surface area contributed by atoms with Gasteiger partial charge in [-0.15, -0.1) is 12.4 Å². The Bertz CT molecular complexity index is 790. The molecule has 5 nitrogen and oxygen atoms in total. The molecule has 0 aliphatic carbocycles. The van der Waals surface area contributed by atoms with Crippen molar-refractivity contribution in [1.29, 1.82) is 0 Å². The largest absolute Gasteiger partial charge is 0.352 e. The molecule has 6 heteroatoms. The Morgan fingerprint density at radius 1 is 1.07 bits per heavy atom. The van der Waals surface area contributed by atoms with Crippen LogP contribution in [0.3, 0.4) is 0 Å². The molecule has 1 saturated heterocycles. The third kappa shape index (κ3) is 6.08. The van der Waals surface area contributed by atoms with Crippen LogP contribution >= 0.6 is 12.4 Å². The molecule has 1 unspecified atom stereocenters. The van der Waals surface area contributed by atoms with Gasteiger partial charge in [-0.3, -0.25) is 9.59 Å². The fourth-order valence-corrected chi connectivity index (χ4v) is 3.34. The predicted molar refractivity (Wildman–Crippen MR) is 115 cm³/mol. The van der Waals surface area contributed by atoms with Crippen molar-refractivity contribution >= 4 is 29.9 Å². The van der Waals surface area contributed by atoms with Gasteiger partial charge in [-0.2, -0.15) is 0 Å². The van der Waals surface area contributed by atoms with Crippen molar-refractivity contribution in [2.75, 3.05) is 25.0 Å². The van der Waals surface area contributed by atoms with Crippen molar-refractivity contribution in [3.63, 3.8) is 0 Å². The number of amides is 2. The monoisotopic (exact) mass is 401 g/mol. The molecule has 1 aliphatic heterocycles. The quantitative estimate of drug-likeness (QED) is 0.689. The zero-order valence-electron chi connectivity index (χ0n) is 16.2. The molecule has 1 fully saturated rings. The molecule has 3 N–H and O–H groups in total. The molecule has 28 heavy (non-hydrogen) atoms. The van der Waals surface area contributed by atoms with Crippen LogP contribution in [0.15, 0.2) is 48.5 Å². The van der Waals surface area contributed by atoms with E-state index in [2.05, 4.69) is 16.0 Å². The average molecular weight is 402 g/mol. The van der Waals surface area contributed by atoms with E-state index in [0.717, 1.165) is 25.1 Å². The maximum atomic E-state index is 12.5. The summed E-state index contributed by atoms with van der Waals surface area (Å²) < 4.78 is 0. The molecule has 150 valence electrons. The molecule has 2 aromatic rings. The van der Waals surface area contributed by atoms with Gasteiger partial charge in [0.25, 0.3) is 11.8 Å². The van der Waals surface area contributed by atoms with Gasteiger partial charge in [-0.25, -0.2) is 0 Å². The maximum absolute atomic E-state index is 12.5. The van der Waals surface area contributed by atoms with Gasteiger partial charge in [-0.05, 0) is 75.0 Å². The lowest BCUT2D eigenvalue weighted by Gasteiger charge is -2.22. The van der Waals surface area contributed by atoms with E-state index in [1.165, 1.54) is 12.8 Å². The lowest BCUT2D eigenvalue weighted by atomic mass is 9.96. The molecule has 1 aliphatic rings. The first-order chi connectivity index (χ1) is 13.1. The standard InChI is InChI=1S/C22H27N3O2.ClH/c1-16-9-10-19(21(26)24-13-11-17-6-5-12-23-15-17)14-20(16)25-22(27)18-7-3-2-4-8-18;/h2-4,7-10,14,17,23H,5-6,11-13,15H2,1H3,(H,24,26)(H,25,27);1H. The second kappa shape index (κ2) is 10.8. The van der Waals surface area contributed by atoms with E-state index in [0.29, 0.717) is 29.3 Å². The van der Waals surface area contributed by atoms with Crippen molar-refractivity contribution in [1.82, 2.24) is 10.6 Å². The van der Waals surface area contributed by atoms with Gasteiger partial charge in [0.2, 0.25) is 0 Å². The number of anilines is 1. The Morgan fingerprint density at radius 2 is 1.86 bits per heavy atom. The second-order valence-electron chi connectivity index (χ2n) is 7.11. The van der Waals surface area contributed by atoms with Crippen LogP contribution in [0.1, 0.15) is 45.5 Å². The minimum absolute atomic E-state index is 0. The Kier molecular flexibility index (Phi) is 8.48. The van der Waals surface area contributed by atoms with Gasteiger partial charge in [0.15, 0.2) is 0 Å². The number of aryl methyl sites for hydroxylation is 1. The van der Waals surface area contributed by atoms with E-state index >= 15 is 0 Å². The van der Waals surface area contributed by atoms with E-state index in [4.69, 9.17) is 0 Å². The van der Waals surface area contributed by atoms with Crippen LogP contribution in [0.25, 0.3) is 0 Å². The van der Waals surface area contributed by atoms with Crippen LogP contribution < -0.4 is 16.0 Å². The Labute approximate surface area is 172 Å². The van der Waals surface area contributed by atoms with Crippen molar-refractivity contribution < 1.29 is 9.59 Å². The lowest BCUT2D eigenvalue weighted by Crippen LogP contribution is -2.33. The number of rotatable bonds is 6. The van der Waals surface area contributed by atoms with Crippen LogP contribution in [-0.4, -0.2) is 31.4 Å².